The molecular weight excluding hydrogens is 411 g/mol. The number of rotatable bonds is 2. The predicted molar refractivity (Wildman–Crippen MR) is 79.6 cm³/mol. The molecule has 0 aliphatic heterocycles. The second-order valence-corrected chi connectivity index (χ2v) is 7.34. The Labute approximate surface area is 129 Å². The Kier molecular flexibility index (Phi) is 4.31. The van der Waals surface area contributed by atoms with Crippen LogP contribution in [0.25, 0.3) is 0 Å². The summed E-state index contributed by atoms with van der Waals surface area (Å²) in [6.45, 7) is 0. The summed E-state index contributed by atoms with van der Waals surface area (Å²) in [4.78, 5) is 12.2. The summed E-state index contributed by atoms with van der Waals surface area (Å²) in [6.07, 6.45) is 0. The number of benzene rings is 1. The van der Waals surface area contributed by atoms with Crippen LogP contribution in [-0.4, -0.2) is 5.78 Å². The molecule has 0 amide bonds. The molecule has 0 saturated heterocycles. The van der Waals surface area contributed by atoms with Gasteiger partial charge in [-0.05, 0) is 24.3 Å². The number of halogens is 4. The van der Waals surface area contributed by atoms with Crippen molar-refractivity contribution in [2.45, 2.75) is 0 Å². The van der Waals surface area contributed by atoms with Gasteiger partial charge in [0.05, 0.1) is 9.90 Å². The number of ketones is 1. The van der Waals surface area contributed by atoms with Crippen LogP contribution in [0.15, 0.2) is 33.2 Å². The Balaban J connectivity index is 2.47. The second kappa shape index (κ2) is 5.41. The van der Waals surface area contributed by atoms with Crippen LogP contribution >= 0.6 is 66.4 Å². The number of carbonyl (C=O) groups is 1. The molecule has 2 rings (SSSR count). The van der Waals surface area contributed by atoms with E-state index < -0.39 is 0 Å². The Hall–Kier alpha value is 0.130. The van der Waals surface area contributed by atoms with Crippen molar-refractivity contribution in [1.82, 2.24) is 0 Å². The third kappa shape index (κ3) is 3.12. The van der Waals surface area contributed by atoms with Gasteiger partial charge in [-0.25, -0.2) is 0 Å². The minimum Gasteiger partial charge on any atom is -0.289 e. The molecule has 0 saturated carbocycles. The maximum atomic E-state index is 12.2. The summed E-state index contributed by atoms with van der Waals surface area (Å²) < 4.78 is 2.57. The third-order valence-electron chi connectivity index (χ3n) is 2.03. The fourth-order valence-corrected chi connectivity index (χ4v) is 4.09. The molecule has 1 nitrogen and oxygen atoms in total. The SMILES string of the molecule is O=C(c1cc(Br)cc(Br)c1)c1cc(Cl)sc1Cl. The molecule has 0 fully saturated rings. The van der Waals surface area contributed by atoms with E-state index in [0.29, 0.717) is 19.8 Å². The van der Waals surface area contributed by atoms with Gasteiger partial charge in [0.25, 0.3) is 0 Å². The van der Waals surface area contributed by atoms with Crippen LogP contribution in [0.5, 0.6) is 0 Å². The molecular formula is C11H4Br2Cl2OS. The summed E-state index contributed by atoms with van der Waals surface area (Å²) in [5.41, 5.74) is 0.995. The van der Waals surface area contributed by atoms with Crippen LogP contribution in [0.4, 0.5) is 0 Å². The van der Waals surface area contributed by atoms with E-state index in [1.54, 1.807) is 18.2 Å². The van der Waals surface area contributed by atoms with Crippen LogP contribution < -0.4 is 0 Å². The van der Waals surface area contributed by atoms with Crippen molar-refractivity contribution in [3.63, 3.8) is 0 Å². The smallest absolute Gasteiger partial charge is 0.195 e. The number of thiophene rings is 1. The fourth-order valence-electron chi connectivity index (χ4n) is 1.34. The normalized spacial score (nSPS) is 10.6. The highest BCUT2D eigenvalue weighted by Crippen LogP contribution is 2.33. The lowest BCUT2D eigenvalue weighted by atomic mass is 10.1. The highest BCUT2D eigenvalue weighted by molar-refractivity contribution is 9.11. The molecule has 2 aromatic rings. The van der Waals surface area contributed by atoms with Gasteiger partial charge in [-0.2, -0.15) is 0 Å². The number of hydrogen-bond donors (Lipinski definition) is 0. The van der Waals surface area contributed by atoms with Gasteiger partial charge in [0.15, 0.2) is 5.78 Å². The summed E-state index contributed by atoms with van der Waals surface area (Å²) in [6, 6.07) is 6.94. The van der Waals surface area contributed by atoms with Crippen LogP contribution in [0, 0.1) is 0 Å². The van der Waals surface area contributed by atoms with E-state index in [9.17, 15) is 4.79 Å². The molecule has 0 bridgehead atoms. The summed E-state index contributed by atoms with van der Waals surface area (Å²) in [7, 11) is 0. The Morgan fingerprint density at radius 3 is 2.12 bits per heavy atom. The van der Waals surface area contributed by atoms with Crippen LogP contribution in [0.1, 0.15) is 15.9 Å². The molecule has 0 N–H and O–H groups in total. The van der Waals surface area contributed by atoms with E-state index in [4.69, 9.17) is 23.2 Å². The minimum atomic E-state index is -0.139. The van der Waals surface area contributed by atoms with E-state index in [2.05, 4.69) is 31.9 Å². The molecule has 17 heavy (non-hydrogen) atoms. The second-order valence-electron chi connectivity index (χ2n) is 3.23. The van der Waals surface area contributed by atoms with E-state index >= 15 is 0 Å². The summed E-state index contributed by atoms with van der Waals surface area (Å²) in [5.74, 6) is -0.139. The molecule has 0 atom stereocenters. The first kappa shape index (κ1) is 13.6. The maximum Gasteiger partial charge on any atom is 0.195 e. The van der Waals surface area contributed by atoms with Crippen molar-refractivity contribution < 1.29 is 4.79 Å². The zero-order chi connectivity index (χ0) is 12.6. The molecule has 1 heterocycles. The van der Waals surface area contributed by atoms with Gasteiger partial charge in [-0.3, -0.25) is 4.79 Å². The van der Waals surface area contributed by atoms with Crippen molar-refractivity contribution in [2.75, 3.05) is 0 Å². The predicted octanol–water partition coefficient (Wildman–Crippen LogP) is 5.81. The molecule has 0 aliphatic carbocycles. The van der Waals surface area contributed by atoms with Gasteiger partial charge >= 0.3 is 0 Å². The Bertz CT molecular complexity index is 575. The van der Waals surface area contributed by atoms with Crippen molar-refractivity contribution in [3.05, 3.63) is 53.0 Å². The highest BCUT2D eigenvalue weighted by Gasteiger charge is 2.16. The zero-order valence-corrected chi connectivity index (χ0v) is 13.6. The average Bonchev–Trinajstić information content (AvgIpc) is 2.55. The van der Waals surface area contributed by atoms with Gasteiger partial charge in [0.1, 0.15) is 4.34 Å². The summed E-state index contributed by atoms with van der Waals surface area (Å²) >= 11 is 19.6. The van der Waals surface area contributed by atoms with Gasteiger partial charge in [0.2, 0.25) is 0 Å². The average molecular weight is 415 g/mol. The van der Waals surface area contributed by atoms with E-state index in [0.717, 1.165) is 8.95 Å². The van der Waals surface area contributed by atoms with Crippen LogP contribution in [0.3, 0.4) is 0 Å². The van der Waals surface area contributed by atoms with E-state index in [1.165, 1.54) is 11.3 Å². The number of carbonyl (C=O) groups excluding carboxylic acids is 1. The maximum absolute atomic E-state index is 12.2. The first-order valence-electron chi connectivity index (χ1n) is 4.43. The van der Waals surface area contributed by atoms with Crippen molar-refractivity contribution >= 4 is 72.2 Å². The quantitative estimate of drug-likeness (QED) is 0.566. The molecule has 1 aromatic heterocycles. The summed E-state index contributed by atoms with van der Waals surface area (Å²) in [5, 5.41) is 0. The fraction of sp³-hybridized carbons (Fsp3) is 0. The molecule has 0 radical (unpaired) electrons. The molecule has 1 aromatic carbocycles. The zero-order valence-electron chi connectivity index (χ0n) is 8.14. The molecule has 0 spiro atoms. The topological polar surface area (TPSA) is 17.1 Å². The third-order valence-corrected chi connectivity index (χ3v) is 4.43. The van der Waals surface area contributed by atoms with Gasteiger partial charge in [-0.15, -0.1) is 11.3 Å². The van der Waals surface area contributed by atoms with Crippen molar-refractivity contribution in [1.29, 1.82) is 0 Å². The molecule has 88 valence electrons. The Morgan fingerprint density at radius 1 is 1.06 bits per heavy atom. The minimum absolute atomic E-state index is 0.139. The highest BCUT2D eigenvalue weighted by atomic mass is 79.9. The molecule has 6 heteroatoms. The van der Waals surface area contributed by atoms with E-state index in [1.807, 2.05) is 6.07 Å². The molecule has 0 unspecified atom stereocenters. The Morgan fingerprint density at radius 2 is 1.65 bits per heavy atom. The van der Waals surface area contributed by atoms with Gasteiger partial charge < -0.3 is 0 Å². The lowest BCUT2D eigenvalue weighted by Crippen LogP contribution is -2.00. The van der Waals surface area contributed by atoms with E-state index in [-0.39, 0.29) is 5.78 Å². The molecule has 0 aliphatic rings. The number of hydrogen-bond acceptors (Lipinski definition) is 2. The van der Waals surface area contributed by atoms with Gasteiger partial charge in [-0.1, -0.05) is 55.1 Å². The van der Waals surface area contributed by atoms with Crippen molar-refractivity contribution in [2.24, 2.45) is 0 Å². The lowest BCUT2D eigenvalue weighted by molar-refractivity contribution is 0.103. The standard InChI is InChI=1S/C11H4Br2Cl2OS/c12-6-1-5(2-7(13)3-6)10(16)8-4-9(14)17-11(8)15/h1-4H. The van der Waals surface area contributed by atoms with Gasteiger partial charge in [0, 0.05) is 14.5 Å². The van der Waals surface area contributed by atoms with Crippen molar-refractivity contribution in [3.8, 4) is 0 Å². The largest absolute Gasteiger partial charge is 0.289 e. The van der Waals surface area contributed by atoms with Crippen LogP contribution in [-0.2, 0) is 0 Å². The first-order chi connectivity index (χ1) is 7.97. The lowest BCUT2D eigenvalue weighted by Gasteiger charge is -2.01. The van der Waals surface area contributed by atoms with Crippen LogP contribution in [0.2, 0.25) is 8.67 Å². The first-order valence-corrected chi connectivity index (χ1v) is 7.59. The monoisotopic (exact) mass is 412 g/mol.